The molecule has 0 saturated carbocycles. The van der Waals surface area contributed by atoms with Crippen molar-refractivity contribution in [1.29, 1.82) is 0 Å². The van der Waals surface area contributed by atoms with Gasteiger partial charge in [0.2, 0.25) is 17.6 Å². The molecular weight excluding hydrogens is 360 g/mol. The number of amides is 1. The molecule has 2 saturated heterocycles. The van der Waals surface area contributed by atoms with Gasteiger partial charge in [0, 0.05) is 25.7 Å². The van der Waals surface area contributed by atoms with Gasteiger partial charge in [0.1, 0.15) is 12.4 Å². The molecule has 4 heterocycles. The first-order valence-corrected chi connectivity index (χ1v) is 10.1. The molecule has 0 aliphatic carbocycles. The van der Waals surface area contributed by atoms with Crippen LogP contribution in [0.25, 0.3) is 0 Å². The molecule has 0 radical (unpaired) electrons. The van der Waals surface area contributed by atoms with Crippen LogP contribution in [0, 0.1) is 0 Å². The highest BCUT2D eigenvalue weighted by molar-refractivity contribution is 5.90. The van der Waals surface area contributed by atoms with E-state index in [2.05, 4.69) is 20.3 Å². The highest BCUT2D eigenvalue weighted by atomic mass is 16.5. The maximum Gasteiger partial charge on any atom is 0.294 e. The number of piperidine rings is 1. The SMILES string of the molecule is CC(C)(C)n1cnc(C(=O)N2CCCC[C@@H]2c2nnc(C3CCOCC3)o2)n1. The monoisotopic (exact) mass is 388 g/mol. The highest BCUT2D eigenvalue weighted by Gasteiger charge is 2.35. The van der Waals surface area contributed by atoms with E-state index in [0.717, 1.165) is 45.3 Å². The molecule has 1 atom stereocenters. The van der Waals surface area contributed by atoms with Gasteiger partial charge in [-0.15, -0.1) is 15.3 Å². The van der Waals surface area contributed by atoms with Crippen molar-refractivity contribution in [1.82, 2.24) is 29.9 Å². The molecule has 28 heavy (non-hydrogen) atoms. The zero-order valence-corrected chi connectivity index (χ0v) is 16.8. The molecule has 0 spiro atoms. The van der Waals surface area contributed by atoms with Crippen molar-refractivity contribution in [3.63, 3.8) is 0 Å². The Balaban J connectivity index is 1.54. The van der Waals surface area contributed by atoms with Gasteiger partial charge in [-0.1, -0.05) is 0 Å². The number of carbonyl (C=O) groups is 1. The largest absolute Gasteiger partial charge is 0.423 e. The van der Waals surface area contributed by atoms with Gasteiger partial charge in [-0.2, -0.15) is 0 Å². The van der Waals surface area contributed by atoms with Gasteiger partial charge >= 0.3 is 0 Å². The summed E-state index contributed by atoms with van der Waals surface area (Å²) >= 11 is 0. The van der Waals surface area contributed by atoms with E-state index in [0.29, 0.717) is 18.3 Å². The maximum absolute atomic E-state index is 13.1. The second-order valence-electron chi connectivity index (χ2n) is 8.56. The number of hydrogen-bond acceptors (Lipinski definition) is 7. The fraction of sp³-hybridized carbons (Fsp3) is 0.737. The Hall–Kier alpha value is -2.29. The zero-order valence-electron chi connectivity index (χ0n) is 16.8. The van der Waals surface area contributed by atoms with E-state index in [-0.39, 0.29) is 29.2 Å². The summed E-state index contributed by atoms with van der Waals surface area (Å²) in [6, 6.07) is -0.219. The first-order chi connectivity index (χ1) is 13.4. The number of nitrogens with zero attached hydrogens (tertiary/aromatic N) is 6. The van der Waals surface area contributed by atoms with Gasteiger partial charge in [0.05, 0.1) is 5.54 Å². The van der Waals surface area contributed by atoms with Crippen LogP contribution < -0.4 is 0 Å². The number of rotatable bonds is 3. The highest BCUT2D eigenvalue weighted by Crippen LogP contribution is 2.33. The van der Waals surface area contributed by atoms with Gasteiger partial charge in [-0.05, 0) is 52.9 Å². The molecule has 1 amide bonds. The van der Waals surface area contributed by atoms with Crippen LogP contribution in [0.15, 0.2) is 10.7 Å². The first-order valence-electron chi connectivity index (χ1n) is 10.1. The molecular formula is C19H28N6O3. The summed E-state index contributed by atoms with van der Waals surface area (Å²) in [6.07, 6.45) is 6.17. The van der Waals surface area contributed by atoms with Crippen LogP contribution in [0.5, 0.6) is 0 Å². The predicted octanol–water partition coefficient (Wildman–Crippen LogP) is 2.68. The molecule has 9 nitrogen and oxygen atoms in total. The van der Waals surface area contributed by atoms with Crippen LogP contribution >= 0.6 is 0 Å². The average Bonchev–Trinajstić information content (AvgIpc) is 3.38. The lowest BCUT2D eigenvalue weighted by molar-refractivity contribution is 0.0548. The quantitative estimate of drug-likeness (QED) is 0.797. The molecule has 0 bridgehead atoms. The maximum atomic E-state index is 13.1. The van der Waals surface area contributed by atoms with E-state index < -0.39 is 0 Å². The minimum Gasteiger partial charge on any atom is -0.423 e. The van der Waals surface area contributed by atoms with Crippen molar-refractivity contribution in [3.05, 3.63) is 23.9 Å². The minimum atomic E-state index is -0.224. The van der Waals surface area contributed by atoms with E-state index in [4.69, 9.17) is 9.15 Å². The van der Waals surface area contributed by atoms with E-state index in [9.17, 15) is 4.79 Å². The second kappa shape index (κ2) is 7.62. The first kappa shape index (κ1) is 19.0. The van der Waals surface area contributed by atoms with Gasteiger partial charge < -0.3 is 14.1 Å². The lowest BCUT2D eigenvalue weighted by atomic mass is 10.0. The summed E-state index contributed by atoms with van der Waals surface area (Å²) < 4.78 is 13.1. The summed E-state index contributed by atoms with van der Waals surface area (Å²) in [5.41, 5.74) is -0.224. The standard InChI is InChI=1S/C19H28N6O3/c1-19(2,3)25-12-20-15(23-25)18(26)24-9-5-4-6-14(24)17-22-21-16(28-17)13-7-10-27-11-8-13/h12-14H,4-11H2,1-3H3/t14-/m1/s1. The van der Waals surface area contributed by atoms with E-state index in [1.165, 1.54) is 0 Å². The number of likely N-dealkylation sites (tertiary alicyclic amines) is 1. The van der Waals surface area contributed by atoms with Gasteiger partial charge in [-0.25, -0.2) is 9.67 Å². The third-order valence-electron chi connectivity index (χ3n) is 5.45. The Morgan fingerprint density at radius 1 is 1.11 bits per heavy atom. The minimum absolute atomic E-state index is 0.182. The smallest absolute Gasteiger partial charge is 0.294 e. The topological polar surface area (TPSA) is 99.2 Å². The normalized spacial score (nSPS) is 21.8. The van der Waals surface area contributed by atoms with Gasteiger partial charge in [-0.3, -0.25) is 4.79 Å². The molecule has 2 aliphatic rings. The Kier molecular flexibility index (Phi) is 5.18. The number of hydrogen-bond donors (Lipinski definition) is 0. The molecule has 4 rings (SSSR count). The van der Waals surface area contributed by atoms with Crippen LogP contribution in [0.4, 0.5) is 0 Å². The van der Waals surface area contributed by atoms with Crippen LogP contribution in [0.1, 0.15) is 87.2 Å². The summed E-state index contributed by atoms with van der Waals surface area (Å²) in [5.74, 6) is 1.45. The Bertz CT molecular complexity index is 818. The molecule has 0 unspecified atom stereocenters. The molecule has 2 aliphatic heterocycles. The van der Waals surface area contributed by atoms with Gasteiger partial charge in [0.15, 0.2) is 0 Å². The van der Waals surface area contributed by atoms with Crippen LogP contribution in [-0.4, -0.2) is 55.5 Å². The molecule has 9 heteroatoms. The summed E-state index contributed by atoms with van der Waals surface area (Å²) in [6.45, 7) is 8.15. The molecule has 0 N–H and O–H groups in total. The van der Waals surface area contributed by atoms with E-state index in [1.54, 1.807) is 15.9 Å². The lowest BCUT2D eigenvalue weighted by Crippen LogP contribution is -2.39. The molecule has 2 aromatic heterocycles. The van der Waals surface area contributed by atoms with Crippen LogP contribution in [-0.2, 0) is 10.3 Å². The molecule has 2 aromatic rings. The van der Waals surface area contributed by atoms with E-state index >= 15 is 0 Å². The summed E-state index contributed by atoms with van der Waals surface area (Å²) in [7, 11) is 0. The average molecular weight is 388 g/mol. The van der Waals surface area contributed by atoms with Crippen molar-refractivity contribution in [3.8, 4) is 0 Å². The van der Waals surface area contributed by atoms with Crippen molar-refractivity contribution in [2.24, 2.45) is 0 Å². The number of carbonyl (C=O) groups excluding carboxylic acids is 1. The van der Waals surface area contributed by atoms with Crippen molar-refractivity contribution >= 4 is 5.91 Å². The van der Waals surface area contributed by atoms with Crippen molar-refractivity contribution in [2.45, 2.75) is 70.4 Å². The molecule has 0 aromatic carbocycles. The fourth-order valence-corrected chi connectivity index (χ4v) is 3.73. The zero-order chi connectivity index (χ0) is 19.7. The number of aromatic nitrogens is 5. The van der Waals surface area contributed by atoms with Crippen molar-refractivity contribution in [2.75, 3.05) is 19.8 Å². The van der Waals surface area contributed by atoms with Crippen LogP contribution in [0.2, 0.25) is 0 Å². The predicted molar refractivity (Wildman–Crippen MR) is 99.7 cm³/mol. The Morgan fingerprint density at radius 3 is 2.57 bits per heavy atom. The molecule has 2 fully saturated rings. The van der Waals surface area contributed by atoms with Gasteiger partial charge in [0.25, 0.3) is 5.91 Å². The third-order valence-corrected chi connectivity index (χ3v) is 5.45. The summed E-state index contributed by atoms with van der Waals surface area (Å²) in [4.78, 5) is 19.1. The Morgan fingerprint density at radius 2 is 1.86 bits per heavy atom. The van der Waals surface area contributed by atoms with Crippen LogP contribution in [0.3, 0.4) is 0 Å². The number of ether oxygens (including phenoxy) is 1. The fourth-order valence-electron chi connectivity index (χ4n) is 3.73. The second-order valence-corrected chi connectivity index (χ2v) is 8.56. The Labute approximate surface area is 164 Å². The molecule has 152 valence electrons. The lowest BCUT2D eigenvalue weighted by Gasteiger charge is -2.32. The van der Waals surface area contributed by atoms with Crippen molar-refractivity contribution < 1.29 is 13.9 Å². The third kappa shape index (κ3) is 3.80. The summed E-state index contributed by atoms with van der Waals surface area (Å²) in [5, 5.41) is 13.0. The van der Waals surface area contributed by atoms with E-state index in [1.807, 2.05) is 20.8 Å².